The number of aliphatic carboxylic acids is 5. The first-order valence-electron chi connectivity index (χ1n) is 37.2. The van der Waals surface area contributed by atoms with Crippen LogP contribution >= 0.6 is 45.1 Å². The van der Waals surface area contributed by atoms with Crippen molar-refractivity contribution in [2.24, 2.45) is 11.5 Å². The fourth-order valence-corrected chi connectivity index (χ4v) is 17.4. The van der Waals surface area contributed by atoms with Gasteiger partial charge in [-0.05, 0) is 63.1 Å². The minimum atomic E-state index is -1.61. The van der Waals surface area contributed by atoms with E-state index in [4.69, 9.17) is 16.9 Å². The number of fused-ring (bicyclic) bond motifs is 1. The molecule has 24 N–H and O–H groups in total. The highest BCUT2D eigenvalue weighted by Gasteiger charge is 2.44. The third-order valence-electron chi connectivity index (χ3n) is 18.0. The molecule has 1 aromatic rings. The van der Waals surface area contributed by atoms with Gasteiger partial charge >= 0.3 is 35.9 Å². The number of urea groups is 1. The molecule has 4 aliphatic rings. The minimum absolute atomic E-state index is 0.00179. The summed E-state index contributed by atoms with van der Waals surface area (Å²) in [6.45, 7) is -5.27. The summed E-state index contributed by atoms with van der Waals surface area (Å²) in [5.41, 5.74) is 10.7. The molecule has 5 rings (SSSR count). The first kappa shape index (κ1) is 97.7. The Labute approximate surface area is 691 Å². The molecule has 0 bridgehead atoms. The summed E-state index contributed by atoms with van der Waals surface area (Å²) in [5, 5.41) is 89.8. The van der Waals surface area contributed by atoms with E-state index in [9.17, 15) is 121 Å². The van der Waals surface area contributed by atoms with Crippen molar-refractivity contribution in [3.8, 4) is 0 Å². The van der Waals surface area contributed by atoms with Crippen LogP contribution in [-0.4, -0.2) is 345 Å². The van der Waals surface area contributed by atoms with Crippen LogP contribution < -0.4 is 90.8 Å². The molecule has 652 valence electrons. The molecule has 0 saturated carbocycles. The molecule has 6 unspecified atom stereocenters. The molecule has 4 heterocycles. The molecule has 50 heteroatoms. The number of carbonyl (C=O) groups is 20. The van der Waals surface area contributed by atoms with E-state index in [-0.39, 0.29) is 149 Å². The zero-order valence-electron chi connectivity index (χ0n) is 64.3. The SMILES string of the molecule is CC(=O)NC1CSSCC(C(=O)NCC(=O)NCC(=O)N[C@@H](CSC2CC(=O)N(c3cccc(C(=O)NCCCCC(C(=O)O)N(CCN(CCN(CC(=O)O)CC(=O)O)CC(=O)O)CC(=O)O)c3)C2=O)C(=O)NCCNC(=O)CCCC[C@@H]2SC[C@@H]3NC(=O)N[C@@H]32)NC(=O)C(CCCNC(=N)N)NC(=O)CNC(=O)C(CC(N)=O)NC1=O. The smallest absolute Gasteiger partial charge is 0.320 e. The number of thioether (sulfide) groups is 2. The van der Waals surface area contributed by atoms with Crippen molar-refractivity contribution in [2.45, 2.75) is 136 Å². The molecule has 0 aliphatic carbocycles. The number of nitrogens with one attached hydrogen (secondary N) is 15. The number of hydrogen-bond donors (Lipinski definition) is 22. The summed E-state index contributed by atoms with van der Waals surface area (Å²) in [5.74, 6) is -19.2. The van der Waals surface area contributed by atoms with Crippen molar-refractivity contribution < 1.29 is 121 Å². The highest BCUT2D eigenvalue weighted by atomic mass is 33.1. The summed E-state index contributed by atoms with van der Waals surface area (Å²) < 4.78 is 0. The number of carboxylic acids is 5. The van der Waals surface area contributed by atoms with Crippen LogP contribution in [0.4, 0.5) is 10.5 Å². The Bertz CT molecular complexity index is 3820. The summed E-state index contributed by atoms with van der Waals surface area (Å²) in [4.78, 5) is 262. The summed E-state index contributed by atoms with van der Waals surface area (Å²) in [7, 11) is 1.83. The second-order valence-electron chi connectivity index (χ2n) is 27.3. The van der Waals surface area contributed by atoms with E-state index in [1.54, 1.807) is 11.8 Å². The van der Waals surface area contributed by atoms with E-state index in [0.717, 1.165) is 67.1 Å². The van der Waals surface area contributed by atoms with Gasteiger partial charge in [-0.1, -0.05) is 34.1 Å². The van der Waals surface area contributed by atoms with Gasteiger partial charge < -0.3 is 111 Å². The average molecular weight is 1740 g/mol. The number of carboxylic acid groups (broad SMARTS) is 5. The molecular formula is C68H101N21O25S4. The van der Waals surface area contributed by atoms with Crippen LogP contribution in [0.25, 0.3) is 0 Å². The summed E-state index contributed by atoms with van der Waals surface area (Å²) >= 11 is 2.54. The number of unbranched alkanes of at least 4 members (excludes halogenated alkanes) is 2. The Balaban J connectivity index is 1.22. The normalized spacial score (nSPS) is 20.2. The molecular weight excluding hydrogens is 1640 g/mol. The molecule has 0 spiro atoms. The molecule has 16 amide bonds. The monoisotopic (exact) mass is 1740 g/mol. The number of nitrogens with zero attached hydrogens (tertiary/aromatic N) is 4. The number of guanidine groups is 1. The van der Waals surface area contributed by atoms with E-state index in [1.165, 1.54) is 29.2 Å². The largest absolute Gasteiger partial charge is 0.480 e. The highest BCUT2D eigenvalue weighted by molar-refractivity contribution is 8.76. The fourth-order valence-electron chi connectivity index (χ4n) is 12.3. The van der Waals surface area contributed by atoms with Crippen LogP contribution in [0, 0.1) is 5.41 Å². The Hall–Kier alpha value is -10.8. The lowest BCUT2D eigenvalue weighted by Crippen LogP contribution is -2.57. The van der Waals surface area contributed by atoms with E-state index >= 15 is 0 Å². The van der Waals surface area contributed by atoms with Gasteiger partial charge in [-0.2, -0.15) is 11.8 Å². The van der Waals surface area contributed by atoms with Gasteiger partial charge in [-0.25, -0.2) is 9.69 Å². The molecule has 118 heavy (non-hydrogen) atoms. The lowest BCUT2D eigenvalue weighted by molar-refractivity contribution is -0.147. The van der Waals surface area contributed by atoms with Crippen LogP contribution in [0.15, 0.2) is 24.3 Å². The van der Waals surface area contributed by atoms with E-state index in [1.807, 2.05) is 0 Å². The number of rotatable bonds is 48. The lowest BCUT2D eigenvalue weighted by Gasteiger charge is -2.31. The van der Waals surface area contributed by atoms with Gasteiger partial charge in [0.15, 0.2) is 5.96 Å². The standard InChI is InChI=1S/C68H101N21O25S4/c1-36(90)79-44-35-118-117-34-43(83-63(109)39(10-7-15-75-67(70)71)80-52(95)27-78-60(106)40(23-48(69)91)82-64(44)110)62(108)77-25-50(93)76-26-51(94)81-42(61(107)74-17-16-72-49(92)13-3-2-12-46-58-41(32-115-46)84-68(114)85-58)33-116-47-24-53(96)89(65(47)111)38-9-6-8-37(22-38)59(105)73-14-5-4-11-45(66(112)113)88(31-57(103)104)21-20-86(28-54(97)98)18-19-87(29-55(99)100)30-56(101)102/h6,8-9,22,39-47,58H,2-5,7,10-21,23-35H2,1H3,(H2,69,91)(H,72,92)(H,73,105)(H,74,107)(H,76,93)(H,77,108)(H,78,106)(H,79,90)(H,80,95)(H,81,94)(H,82,110)(H,83,109)(H,97,98)(H,99,100)(H,101,102)(H,103,104)(H,112,113)(H4,70,71,75)(H2,84,85,114)/t39?,40?,41-,42-,43?,44?,45?,46-,47?,58-/m0/s1. The first-order chi connectivity index (χ1) is 56.0. The number of hydrogen-bond acceptors (Lipinski definition) is 28. The van der Waals surface area contributed by atoms with Gasteiger partial charge in [0.1, 0.15) is 36.3 Å². The van der Waals surface area contributed by atoms with E-state index in [0.29, 0.717) is 12.8 Å². The number of amides is 16. The van der Waals surface area contributed by atoms with Crippen molar-refractivity contribution in [1.82, 2.24) is 89.1 Å². The van der Waals surface area contributed by atoms with Gasteiger partial charge in [-0.15, -0.1) is 11.8 Å². The third-order valence-corrected chi connectivity index (χ3v) is 23.3. The molecule has 4 aliphatic heterocycles. The second-order valence-corrected chi connectivity index (χ2v) is 32.4. The van der Waals surface area contributed by atoms with Gasteiger partial charge in [-0.3, -0.25) is 111 Å². The minimum Gasteiger partial charge on any atom is -0.480 e. The van der Waals surface area contributed by atoms with Crippen molar-refractivity contribution in [1.29, 1.82) is 5.41 Å². The second kappa shape index (κ2) is 50.7. The Morgan fingerprint density at radius 2 is 1.31 bits per heavy atom. The van der Waals surface area contributed by atoms with E-state index < -0.39 is 213 Å². The quantitative estimate of drug-likeness (QED) is 0.00719. The van der Waals surface area contributed by atoms with E-state index in [2.05, 4.69) is 74.4 Å². The molecule has 1 aromatic carbocycles. The van der Waals surface area contributed by atoms with Crippen molar-refractivity contribution >= 4 is 175 Å². The first-order valence-corrected chi connectivity index (χ1v) is 41.8. The predicted octanol–water partition coefficient (Wildman–Crippen LogP) is -8.07. The zero-order chi connectivity index (χ0) is 87.1. The maximum absolute atomic E-state index is 14.1. The van der Waals surface area contributed by atoms with Crippen molar-refractivity contribution in [3.05, 3.63) is 29.8 Å². The van der Waals surface area contributed by atoms with Gasteiger partial charge in [0.2, 0.25) is 76.8 Å². The topological polar surface area (TPSA) is 700 Å². The lowest BCUT2D eigenvalue weighted by atomic mass is 10.0. The third kappa shape index (κ3) is 36.0. The average Bonchev–Trinajstić information content (AvgIpc) is 1.60. The zero-order valence-corrected chi connectivity index (χ0v) is 67.5. The maximum atomic E-state index is 14.1. The molecule has 0 radical (unpaired) electrons. The number of carbonyl (C=O) groups excluding carboxylic acids is 15. The maximum Gasteiger partial charge on any atom is 0.320 e. The molecule has 46 nitrogen and oxygen atoms in total. The number of benzene rings is 1. The predicted molar refractivity (Wildman–Crippen MR) is 425 cm³/mol. The molecule has 0 aromatic heterocycles. The highest BCUT2D eigenvalue weighted by Crippen LogP contribution is 2.34. The Morgan fingerprint density at radius 1 is 0.644 bits per heavy atom. The molecule has 4 fully saturated rings. The fraction of sp³-hybridized carbons (Fsp3) is 0.603. The number of anilines is 1. The molecule has 4 saturated heterocycles. The van der Waals surface area contributed by atoms with Crippen molar-refractivity contribution in [3.63, 3.8) is 0 Å². The summed E-state index contributed by atoms with van der Waals surface area (Å²) in [6.07, 6.45) is 1.09. The molecule has 10 atom stereocenters. The van der Waals surface area contributed by atoms with Gasteiger partial charge in [0, 0.05) is 106 Å². The van der Waals surface area contributed by atoms with Crippen LogP contribution in [0.2, 0.25) is 0 Å². The van der Waals surface area contributed by atoms with Crippen LogP contribution in [0.5, 0.6) is 0 Å². The Kier molecular flexibility index (Phi) is 42.0. The number of primary amides is 1. The Morgan fingerprint density at radius 3 is 1.98 bits per heavy atom. The number of imide groups is 1. The van der Waals surface area contributed by atoms with Crippen molar-refractivity contribution in [2.75, 3.05) is 126 Å². The van der Waals surface area contributed by atoms with Crippen LogP contribution in [0.1, 0.15) is 87.9 Å². The van der Waals surface area contributed by atoms with Crippen LogP contribution in [0.3, 0.4) is 0 Å². The summed E-state index contributed by atoms with van der Waals surface area (Å²) in [6, 6.07) is -3.58. The van der Waals surface area contributed by atoms with Gasteiger partial charge in [0.25, 0.3) is 5.91 Å². The van der Waals surface area contributed by atoms with Crippen LogP contribution in [-0.2, 0) is 86.3 Å². The van der Waals surface area contributed by atoms with Gasteiger partial charge in [0.05, 0.1) is 75.3 Å². The number of nitrogens with two attached hydrogens (primary N) is 2.